The summed E-state index contributed by atoms with van der Waals surface area (Å²) in [6.07, 6.45) is 73.4. The number of esters is 3. The standard InChI is InChI=1S/C66H124O6/c1-4-7-10-13-16-19-22-25-27-28-29-30-31-32-33-34-35-36-37-38-39-42-44-47-50-53-56-59-65(68)71-62-63(61-70-64(67)58-55-52-49-46-43-40-24-21-18-15-12-9-6-3)72-66(69)60-57-54-51-48-45-41-26-23-20-17-14-11-8-5-2/h23,26,28-29,63H,4-22,24-25,27,30-62H2,1-3H3/b26-23-,29-28-. The largest absolute Gasteiger partial charge is 0.462 e. The number of allylic oxidation sites excluding steroid dienone is 4. The van der Waals surface area contributed by atoms with Crippen LogP contribution in [0.2, 0.25) is 0 Å². The smallest absolute Gasteiger partial charge is 0.306 e. The molecular formula is C66H124O6. The Hall–Kier alpha value is -2.11. The molecule has 72 heavy (non-hydrogen) atoms. The number of hydrogen-bond donors (Lipinski definition) is 0. The fourth-order valence-corrected chi connectivity index (χ4v) is 9.79. The first-order valence-corrected chi connectivity index (χ1v) is 32.3. The molecule has 0 saturated carbocycles. The molecule has 6 nitrogen and oxygen atoms in total. The van der Waals surface area contributed by atoms with Gasteiger partial charge in [-0.15, -0.1) is 0 Å². The zero-order valence-electron chi connectivity index (χ0n) is 48.7. The Morgan fingerprint density at radius 3 is 0.694 bits per heavy atom. The molecule has 0 saturated heterocycles. The maximum Gasteiger partial charge on any atom is 0.306 e. The van der Waals surface area contributed by atoms with Gasteiger partial charge in [0.2, 0.25) is 0 Å². The molecule has 0 amide bonds. The van der Waals surface area contributed by atoms with Crippen LogP contribution in [0.3, 0.4) is 0 Å². The second-order valence-electron chi connectivity index (χ2n) is 22.0. The summed E-state index contributed by atoms with van der Waals surface area (Å²) in [4.78, 5) is 38.2. The van der Waals surface area contributed by atoms with Crippen molar-refractivity contribution in [2.24, 2.45) is 0 Å². The normalized spacial score (nSPS) is 12.1. The molecule has 0 heterocycles. The number of ether oxygens (including phenoxy) is 3. The summed E-state index contributed by atoms with van der Waals surface area (Å²) < 4.78 is 16.9. The Kier molecular flexibility index (Phi) is 59.6. The van der Waals surface area contributed by atoms with Gasteiger partial charge in [-0.1, -0.05) is 295 Å². The van der Waals surface area contributed by atoms with E-state index < -0.39 is 6.10 Å². The van der Waals surface area contributed by atoms with Crippen LogP contribution in [0.25, 0.3) is 0 Å². The van der Waals surface area contributed by atoms with Crippen molar-refractivity contribution in [2.75, 3.05) is 13.2 Å². The van der Waals surface area contributed by atoms with E-state index in [9.17, 15) is 14.4 Å². The van der Waals surface area contributed by atoms with Crippen molar-refractivity contribution in [3.05, 3.63) is 24.3 Å². The molecule has 6 heteroatoms. The molecule has 0 aliphatic carbocycles. The lowest BCUT2D eigenvalue weighted by atomic mass is 10.0. The lowest BCUT2D eigenvalue weighted by molar-refractivity contribution is -0.167. The average Bonchev–Trinajstić information content (AvgIpc) is 3.38. The van der Waals surface area contributed by atoms with Gasteiger partial charge in [-0.25, -0.2) is 0 Å². The van der Waals surface area contributed by atoms with Gasteiger partial charge in [-0.3, -0.25) is 14.4 Å². The first-order valence-electron chi connectivity index (χ1n) is 32.3. The summed E-state index contributed by atoms with van der Waals surface area (Å²) in [6, 6.07) is 0. The highest BCUT2D eigenvalue weighted by Crippen LogP contribution is 2.18. The summed E-state index contributed by atoms with van der Waals surface area (Å²) in [5, 5.41) is 0. The number of carbonyl (C=O) groups is 3. The topological polar surface area (TPSA) is 78.9 Å². The summed E-state index contributed by atoms with van der Waals surface area (Å²) >= 11 is 0. The molecule has 0 aromatic carbocycles. The van der Waals surface area contributed by atoms with Crippen LogP contribution in [0.1, 0.15) is 361 Å². The third kappa shape index (κ3) is 58.8. The minimum Gasteiger partial charge on any atom is -0.462 e. The zero-order chi connectivity index (χ0) is 52.2. The Bertz CT molecular complexity index is 1160. The predicted molar refractivity (Wildman–Crippen MR) is 312 cm³/mol. The molecule has 0 bridgehead atoms. The summed E-state index contributed by atoms with van der Waals surface area (Å²) in [6.45, 7) is 6.68. The molecule has 1 unspecified atom stereocenters. The van der Waals surface area contributed by atoms with Crippen molar-refractivity contribution in [3.8, 4) is 0 Å². The molecule has 0 N–H and O–H groups in total. The van der Waals surface area contributed by atoms with E-state index in [1.165, 1.54) is 257 Å². The van der Waals surface area contributed by atoms with E-state index in [2.05, 4.69) is 45.1 Å². The van der Waals surface area contributed by atoms with Crippen molar-refractivity contribution in [3.63, 3.8) is 0 Å². The first-order chi connectivity index (χ1) is 35.5. The monoisotopic (exact) mass is 1010 g/mol. The van der Waals surface area contributed by atoms with Crippen LogP contribution in [-0.2, 0) is 28.6 Å². The van der Waals surface area contributed by atoms with Gasteiger partial charge in [0.25, 0.3) is 0 Å². The Morgan fingerprint density at radius 2 is 0.458 bits per heavy atom. The van der Waals surface area contributed by atoms with E-state index in [4.69, 9.17) is 14.2 Å². The molecule has 0 radical (unpaired) electrons. The van der Waals surface area contributed by atoms with E-state index in [0.717, 1.165) is 64.2 Å². The Balaban J connectivity index is 4.17. The number of rotatable bonds is 60. The van der Waals surface area contributed by atoms with E-state index in [-0.39, 0.29) is 31.1 Å². The molecule has 0 aromatic rings. The number of hydrogen-bond acceptors (Lipinski definition) is 6. The third-order valence-corrected chi connectivity index (χ3v) is 14.7. The SMILES string of the molecule is CCCCCCC/C=C\CCCCCCCC(=O)OC(COC(=O)CCCCCCCCCCCCCCC)COC(=O)CCCCCCCCCCCCCCCCC/C=C\CCCCCCCCCC. The van der Waals surface area contributed by atoms with Crippen LogP contribution in [-0.4, -0.2) is 37.2 Å². The van der Waals surface area contributed by atoms with Crippen molar-refractivity contribution in [1.82, 2.24) is 0 Å². The lowest BCUT2D eigenvalue weighted by Gasteiger charge is -2.18. The van der Waals surface area contributed by atoms with Crippen molar-refractivity contribution < 1.29 is 28.6 Å². The van der Waals surface area contributed by atoms with Crippen molar-refractivity contribution in [1.29, 1.82) is 0 Å². The highest BCUT2D eigenvalue weighted by molar-refractivity contribution is 5.71. The molecule has 0 fully saturated rings. The quantitative estimate of drug-likeness (QED) is 0.0261. The fourth-order valence-electron chi connectivity index (χ4n) is 9.79. The summed E-state index contributed by atoms with van der Waals surface area (Å²) in [5.41, 5.74) is 0. The van der Waals surface area contributed by atoms with Crippen molar-refractivity contribution in [2.45, 2.75) is 367 Å². The maximum absolute atomic E-state index is 12.9. The predicted octanol–water partition coefficient (Wildman–Crippen LogP) is 21.8. The molecule has 0 aliphatic heterocycles. The first kappa shape index (κ1) is 69.9. The van der Waals surface area contributed by atoms with Gasteiger partial charge in [0.15, 0.2) is 6.10 Å². The van der Waals surface area contributed by atoms with Crippen LogP contribution in [0, 0.1) is 0 Å². The molecular weight excluding hydrogens is 889 g/mol. The van der Waals surface area contributed by atoms with E-state index in [1.807, 2.05) is 0 Å². The van der Waals surface area contributed by atoms with Crippen LogP contribution in [0.15, 0.2) is 24.3 Å². The Morgan fingerprint density at radius 1 is 0.264 bits per heavy atom. The van der Waals surface area contributed by atoms with Gasteiger partial charge in [0.05, 0.1) is 0 Å². The third-order valence-electron chi connectivity index (χ3n) is 14.7. The molecule has 0 spiro atoms. The van der Waals surface area contributed by atoms with E-state index in [0.29, 0.717) is 19.3 Å². The average molecular weight is 1010 g/mol. The maximum atomic E-state index is 12.9. The van der Waals surface area contributed by atoms with Gasteiger partial charge in [-0.05, 0) is 70.6 Å². The molecule has 424 valence electrons. The van der Waals surface area contributed by atoms with Gasteiger partial charge >= 0.3 is 17.9 Å². The minimum absolute atomic E-state index is 0.0692. The number of carbonyl (C=O) groups excluding carboxylic acids is 3. The molecule has 0 rings (SSSR count). The van der Waals surface area contributed by atoms with Gasteiger partial charge in [-0.2, -0.15) is 0 Å². The van der Waals surface area contributed by atoms with Crippen molar-refractivity contribution >= 4 is 17.9 Å². The van der Waals surface area contributed by atoms with Crippen LogP contribution in [0.4, 0.5) is 0 Å². The zero-order valence-corrected chi connectivity index (χ0v) is 48.7. The highest BCUT2D eigenvalue weighted by Gasteiger charge is 2.19. The minimum atomic E-state index is -0.771. The fraction of sp³-hybridized carbons (Fsp3) is 0.894. The molecule has 0 aromatic heterocycles. The van der Waals surface area contributed by atoms with E-state index >= 15 is 0 Å². The van der Waals surface area contributed by atoms with E-state index in [1.54, 1.807) is 0 Å². The summed E-state index contributed by atoms with van der Waals surface area (Å²) in [5.74, 6) is -0.853. The summed E-state index contributed by atoms with van der Waals surface area (Å²) in [7, 11) is 0. The van der Waals surface area contributed by atoms with Crippen LogP contribution < -0.4 is 0 Å². The Labute approximate surface area is 449 Å². The van der Waals surface area contributed by atoms with Crippen LogP contribution >= 0.6 is 0 Å². The second-order valence-corrected chi connectivity index (χ2v) is 22.0. The molecule has 0 aliphatic rings. The van der Waals surface area contributed by atoms with Crippen LogP contribution in [0.5, 0.6) is 0 Å². The highest BCUT2D eigenvalue weighted by atomic mass is 16.6. The number of unbranched alkanes of at least 4 members (excludes halogenated alkanes) is 45. The van der Waals surface area contributed by atoms with Gasteiger partial charge in [0, 0.05) is 19.3 Å². The van der Waals surface area contributed by atoms with Gasteiger partial charge < -0.3 is 14.2 Å². The van der Waals surface area contributed by atoms with Gasteiger partial charge in [0.1, 0.15) is 13.2 Å². The molecule has 1 atom stereocenters. The second kappa shape index (κ2) is 61.4. The lowest BCUT2D eigenvalue weighted by Crippen LogP contribution is -2.30.